The Labute approximate surface area is 109 Å². The highest BCUT2D eigenvalue weighted by Crippen LogP contribution is 2.13. The molecule has 0 aliphatic carbocycles. The van der Waals surface area contributed by atoms with Crippen molar-refractivity contribution in [2.45, 2.75) is 0 Å². The molecular formula is C10H14ClN5O2. The highest BCUT2D eigenvalue weighted by molar-refractivity contribution is 6.32. The zero-order chi connectivity index (χ0) is 13.0. The minimum Gasteiger partial charge on any atom is -0.373 e. The fourth-order valence-electron chi connectivity index (χ4n) is 1.70. The summed E-state index contributed by atoms with van der Waals surface area (Å²) in [5, 5.41) is 11.8. The van der Waals surface area contributed by atoms with Crippen LogP contribution >= 0.6 is 11.6 Å². The van der Waals surface area contributed by atoms with Crippen LogP contribution in [0.4, 0.5) is 5.69 Å². The summed E-state index contributed by atoms with van der Waals surface area (Å²) >= 11 is 5.78. The summed E-state index contributed by atoms with van der Waals surface area (Å²) in [6, 6.07) is 0. The van der Waals surface area contributed by atoms with Gasteiger partial charge in [0, 0.05) is 26.2 Å². The molecule has 1 aliphatic heterocycles. The van der Waals surface area contributed by atoms with Crippen LogP contribution in [0.3, 0.4) is 0 Å². The van der Waals surface area contributed by atoms with Gasteiger partial charge < -0.3 is 15.5 Å². The molecule has 0 aromatic carbocycles. The quantitative estimate of drug-likeness (QED) is 0.674. The summed E-state index contributed by atoms with van der Waals surface area (Å²) in [4.78, 5) is 24.8. The van der Waals surface area contributed by atoms with Crippen LogP contribution < -0.4 is 16.2 Å². The van der Waals surface area contributed by atoms with Crippen molar-refractivity contribution in [3.8, 4) is 0 Å². The van der Waals surface area contributed by atoms with E-state index < -0.39 is 5.56 Å². The van der Waals surface area contributed by atoms with Gasteiger partial charge in [0.1, 0.15) is 5.02 Å². The molecule has 0 unspecified atom stereocenters. The molecule has 0 bridgehead atoms. The number of nitrogens with one attached hydrogen (secondary N) is 3. The van der Waals surface area contributed by atoms with E-state index in [4.69, 9.17) is 11.6 Å². The summed E-state index contributed by atoms with van der Waals surface area (Å²) in [5.74, 6) is -0.0205. The van der Waals surface area contributed by atoms with E-state index in [0.717, 1.165) is 13.1 Å². The second kappa shape index (κ2) is 5.83. The standard InChI is InChI=1S/C10H14ClN5O2/c11-9-7(5-14-15-10(9)18)13-6-8(17)16-3-1-12-2-4-16/h5,12H,1-4,6H2,(H2,13,15,18). The molecule has 0 radical (unpaired) electrons. The van der Waals surface area contributed by atoms with Crippen molar-refractivity contribution in [3.05, 3.63) is 21.6 Å². The number of H-pyrrole nitrogens is 1. The molecule has 0 saturated carbocycles. The maximum Gasteiger partial charge on any atom is 0.285 e. The summed E-state index contributed by atoms with van der Waals surface area (Å²) in [5.41, 5.74) is -0.111. The van der Waals surface area contributed by atoms with Crippen LogP contribution in [0.1, 0.15) is 0 Å². The lowest BCUT2D eigenvalue weighted by Gasteiger charge is -2.27. The number of rotatable bonds is 3. The van der Waals surface area contributed by atoms with Crippen LogP contribution in [-0.4, -0.2) is 53.7 Å². The zero-order valence-corrected chi connectivity index (χ0v) is 10.5. The lowest BCUT2D eigenvalue weighted by molar-refractivity contribution is -0.129. The highest BCUT2D eigenvalue weighted by atomic mass is 35.5. The first-order valence-corrected chi connectivity index (χ1v) is 6.02. The molecule has 2 heterocycles. The molecule has 1 aliphatic rings. The van der Waals surface area contributed by atoms with Crippen LogP contribution in [0.2, 0.25) is 5.02 Å². The van der Waals surface area contributed by atoms with Gasteiger partial charge in [-0.1, -0.05) is 11.6 Å². The first-order valence-electron chi connectivity index (χ1n) is 5.64. The largest absolute Gasteiger partial charge is 0.373 e. The molecule has 1 fully saturated rings. The number of amides is 1. The van der Waals surface area contributed by atoms with Crippen molar-refractivity contribution in [2.24, 2.45) is 0 Å². The Morgan fingerprint density at radius 2 is 2.22 bits per heavy atom. The van der Waals surface area contributed by atoms with E-state index >= 15 is 0 Å². The van der Waals surface area contributed by atoms with Crippen molar-refractivity contribution in [1.29, 1.82) is 0 Å². The second-order valence-corrected chi connectivity index (χ2v) is 4.29. The molecule has 0 atom stereocenters. The Balaban J connectivity index is 1.92. The Hall–Kier alpha value is -1.60. The number of aromatic nitrogens is 2. The molecule has 0 spiro atoms. The molecule has 1 amide bonds. The number of carbonyl (C=O) groups excluding carboxylic acids is 1. The van der Waals surface area contributed by atoms with Gasteiger partial charge in [0.2, 0.25) is 5.91 Å². The Kier molecular flexibility index (Phi) is 4.16. The van der Waals surface area contributed by atoms with E-state index in [-0.39, 0.29) is 17.5 Å². The maximum atomic E-state index is 11.9. The lowest BCUT2D eigenvalue weighted by Crippen LogP contribution is -2.48. The third-order valence-corrected chi connectivity index (χ3v) is 3.07. The number of halogens is 1. The number of carbonyl (C=O) groups is 1. The molecule has 1 aromatic heterocycles. The minimum absolute atomic E-state index is 0.0121. The SMILES string of the molecule is O=C(CNc1cn[nH]c(=O)c1Cl)N1CCNCC1. The van der Waals surface area contributed by atoms with Gasteiger partial charge in [0.05, 0.1) is 18.4 Å². The maximum absolute atomic E-state index is 11.9. The van der Waals surface area contributed by atoms with E-state index in [1.54, 1.807) is 4.90 Å². The topological polar surface area (TPSA) is 90.1 Å². The van der Waals surface area contributed by atoms with Crippen LogP contribution in [0.15, 0.2) is 11.0 Å². The molecular weight excluding hydrogens is 258 g/mol. The Morgan fingerprint density at radius 1 is 1.50 bits per heavy atom. The molecule has 8 heteroatoms. The van der Waals surface area contributed by atoms with Gasteiger partial charge in [-0.05, 0) is 0 Å². The first kappa shape index (κ1) is 12.8. The smallest absolute Gasteiger partial charge is 0.285 e. The van der Waals surface area contributed by atoms with E-state index in [2.05, 4.69) is 20.8 Å². The Bertz CT molecular complexity index is 483. The molecule has 18 heavy (non-hydrogen) atoms. The summed E-state index contributed by atoms with van der Waals surface area (Å²) in [6.45, 7) is 3.10. The number of nitrogens with zero attached hydrogens (tertiary/aromatic N) is 2. The molecule has 1 aromatic rings. The summed E-state index contributed by atoms with van der Waals surface area (Å²) in [6.07, 6.45) is 1.38. The monoisotopic (exact) mass is 271 g/mol. The summed E-state index contributed by atoms with van der Waals surface area (Å²) in [7, 11) is 0. The summed E-state index contributed by atoms with van der Waals surface area (Å²) < 4.78 is 0. The molecule has 2 rings (SSSR count). The number of hydrogen-bond donors (Lipinski definition) is 3. The van der Waals surface area contributed by atoms with Crippen LogP contribution in [0.25, 0.3) is 0 Å². The van der Waals surface area contributed by atoms with Crippen LogP contribution in [0.5, 0.6) is 0 Å². The van der Waals surface area contributed by atoms with Crippen molar-refractivity contribution in [1.82, 2.24) is 20.4 Å². The number of anilines is 1. The van der Waals surface area contributed by atoms with E-state index in [1.165, 1.54) is 6.20 Å². The number of hydrogen-bond acceptors (Lipinski definition) is 5. The van der Waals surface area contributed by atoms with Crippen molar-refractivity contribution < 1.29 is 4.79 Å². The molecule has 1 saturated heterocycles. The van der Waals surface area contributed by atoms with Gasteiger partial charge >= 0.3 is 0 Å². The van der Waals surface area contributed by atoms with Gasteiger partial charge in [0.25, 0.3) is 5.56 Å². The molecule has 3 N–H and O–H groups in total. The van der Waals surface area contributed by atoms with Crippen molar-refractivity contribution >= 4 is 23.2 Å². The van der Waals surface area contributed by atoms with Gasteiger partial charge in [-0.15, -0.1) is 0 Å². The highest BCUT2D eigenvalue weighted by Gasteiger charge is 2.16. The van der Waals surface area contributed by atoms with Crippen molar-refractivity contribution in [3.63, 3.8) is 0 Å². The second-order valence-electron chi connectivity index (χ2n) is 3.91. The van der Waals surface area contributed by atoms with Crippen LogP contribution in [-0.2, 0) is 4.79 Å². The van der Waals surface area contributed by atoms with Gasteiger partial charge in [-0.3, -0.25) is 9.59 Å². The number of aromatic amines is 1. The minimum atomic E-state index is -0.476. The molecule has 98 valence electrons. The third-order valence-electron chi connectivity index (χ3n) is 2.70. The van der Waals surface area contributed by atoms with E-state index in [0.29, 0.717) is 18.8 Å². The number of piperazine rings is 1. The van der Waals surface area contributed by atoms with Gasteiger partial charge in [-0.25, -0.2) is 5.10 Å². The Morgan fingerprint density at radius 3 is 2.94 bits per heavy atom. The first-order chi connectivity index (χ1) is 8.68. The third kappa shape index (κ3) is 2.99. The van der Waals surface area contributed by atoms with E-state index in [1.807, 2.05) is 0 Å². The average Bonchev–Trinajstić information content (AvgIpc) is 2.41. The predicted octanol–water partition coefficient (Wildman–Crippen LogP) is -0.733. The van der Waals surface area contributed by atoms with Gasteiger partial charge in [-0.2, -0.15) is 5.10 Å². The lowest BCUT2D eigenvalue weighted by atomic mass is 10.3. The van der Waals surface area contributed by atoms with Crippen LogP contribution in [0, 0.1) is 0 Å². The fraction of sp³-hybridized carbons (Fsp3) is 0.500. The predicted molar refractivity (Wildman–Crippen MR) is 67.8 cm³/mol. The zero-order valence-electron chi connectivity index (χ0n) is 9.70. The van der Waals surface area contributed by atoms with Gasteiger partial charge in [0.15, 0.2) is 0 Å². The fourth-order valence-corrected chi connectivity index (χ4v) is 1.86. The van der Waals surface area contributed by atoms with Crippen molar-refractivity contribution in [2.75, 3.05) is 38.0 Å². The average molecular weight is 272 g/mol. The normalized spacial score (nSPS) is 15.5. The van der Waals surface area contributed by atoms with E-state index in [9.17, 15) is 9.59 Å². The molecule has 7 nitrogen and oxygen atoms in total.